The first-order valence-electron chi connectivity index (χ1n) is 8.54. The number of rotatable bonds is 4. The van der Waals surface area contributed by atoms with Crippen molar-refractivity contribution >= 4 is 23.3 Å². The first-order valence-corrected chi connectivity index (χ1v) is 9.35. The summed E-state index contributed by atoms with van der Waals surface area (Å²) in [4.78, 5) is 17.2. The van der Waals surface area contributed by atoms with Crippen molar-refractivity contribution in [3.8, 4) is 0 Å². The summed E-state index contributed by atoms with van der Waals surface area (Å²) in [6.07, 6.45) is 3.48. The Balaban J connectivity index is 1.60. The standard InChI is InChI=1S/C18H23N5OS/c1-21-7-9-22(10-8-21)12-14-3-4-16-15(11-14)23(13-24-2)17-18(25-16)20-6-5-19-17/h3-6,11H,7-10,12-13H2,1-2H3. The third-order valence-corrected chi connectivity index (χ3v) is 5.73. The summed E-state index contributed by atoms with van der Waals surface area (Å²) in [5.41, 5.74) is 2.49. The van der Waals surface area contributed by atoms with E-state index in [4.69, 9.17) is 4.74 Å². The highest BCUT2D eigenvalue weighted by Gasteiger charge is 2.26. The Morgan fingerprint density at radius 3 is 2.72 bits per heavy atom. The number of fused-ring (bicyclic) bond motifs is 2. The second-order valence-corrected chi connectivity index (χ2v) is 7.55. The molecule has 0 unspecified atom stereocenters. The Morgan fingerprint density at radius 1 is 1.12 bits per heavy atom. The van der Waals surface area contributed by atoms with Crippen molar-refractivity contribution in [2.24, 2.45) is 0 Å². The molecular weight excluding hydrogens is 334 g/mol. The zero-order valence-electron chi connectivity index (χ0n) is 14.7. The molecule has 1 saturated heterocycles. The number of hydrogen-bond donors (Lipinski definition) is 0. The van der Waals surface area contributed by atoms with Crippen molar-refractivity contribution in [2.75, 3.05) is 52.0 Å². The lowest BCUT2D eigenvalue weighted by molar-refractivity contribution is 0.148. The van der Waals surface area contributed by atoms with Crippen LogP contribution in [0.4, 0.5) is 11.5 Å². The van der Waals surface area contributed by atoms with Gasteiger partial charge in [-0.1, -0.05) is 17.8 Å². The number of benzene rings is 1. The normalized spacial score (nSPS) is 18.1. The molecule has 2 aromatic rings. The highest BCUT2D eigenvalue weighted by molar-refractivity contribution is 7.99. The number of likely N-dealkylation sites (N-methyl/N-ethyl adjacent to an activating group) is 1. The second kappa shape index (κ2) is 7.29. The van der Waals surface area contributed by atoms with Gasteiger partial charge in [-0.15, -0.1) is 0 Å². The van der Waals surface area contributed by atoms with Crippen molar-refractivity contribution in [3.63, 3.8) is 0 Å². The quantitative estimate of drug-likeness (QED) is 0.833. The Bertz CT molecular complexity index is 748. The van der Waals surface area contributed by atoms with Crippen molar-refractivity contribution in [3.05, 3.63) is 36.2 Å². The minimum atomic E-state index is 0.469. The average molecular weight is 357 g/mol. The minimum Gasteiger partial charge on any atom is -0.364 e. The number of anilines is 2. The largest absolute Gasteiger partial charge is 0.364 e. The maximum absolute atomic E-state index is 5.43. The van der Waals surface area contributed by atoms with Crippen LogP contribution in [0.1, 0.15) is 5.56 Å². The fourth-order valence-corrected chi connectivity index (χ4v) is 4.26. The number of piperazine rings is 1. The molecule has 0 amide bonds. The Morgan fingerprint density at radius 2 is 1.92 bits per heavy atom. The van der Waals surface area contributed by atoms with Gasteiger partial charge in [-0.25, -0.2) is 9.97 Å². The van der Waals surface area contributed by atoms with E-state index in [9.17, 15) is 0 Å². The van der Waals surface area contributed by atoms with E-state index < -0.39 is 0 Å². The molecule has 1 aromatic carbocycles. The van der Waals surface area contributed by atoms with Gasteiger partial charge >= 0.3 is 0 Å². The summed E-state index contributed by atoms with van der Waals surface area (Å²) in [6.45, 7) is 5.98. The van der Waals surface area contributed by atoms with Crippen LogP contribution in [0, 0.1) is 0 Å². The maximum Gasteiger partial charge on any atom is 0.168 e. The van der Waals surface area contributed by atoms with Gasteiger partial charge in [0.05, 0.1) is 5.69 Å². The molecule has 1 aromatic heterocycles. The zero-order valence-corrected chi connectivity index (χ0v) is 15.5. The molecule has 1 fully saturated rings. The summed E-state index contributed by atoms with van der Waals surface area (Å²) >= 11 is 1.68. The van der Waals surface area contributed by atoms with Crippen molar-refractivity contribution < 1.29 is 4.74 Å². The summed E-state index contributed by atoms with van der Waals surface area (Å²) in [7, 11) is 3.90. The van der Waals surface area contributed by atoms with Crippen LogP contribution in [0.3, 0.4) is 0 Å². The van der Waals surface area contributed by atoms with Gasteiger partial charge in [-0.2, -0.15) is 0 Å². The molecule has 7 heteroatoms. The van der Waals surface area contributed by atoms with Gasteiger partial charge in [0.25, 0.3) is 0 Å². The van der Waals surface area contributed by atoms with Crippen molar-refractivity contribution in [1.29, 1.82) is 0 Å². The smallest absolute Gasteiger partial charge is 0.168 e. The van der Waals surface area contributed by atoms with Crippen LogP contribution in [-0.4, -0.2) is 66.8 Å². The molecule has 0 N–H and O–H groups in total. The van der Waals surface area contributed by atoms with E-state index >= 15 is 0 Å². The van der Waals surface area contributed by atoms with E-state index in [0.29, 0.717) is 6.73 Å². The molecule has 0 radical (unpaired) electrons. The third-order valence-electron chi connectivity index (χ3n) is 4.68. The summed E-state index contributed by atoms with van der Waals surface area (Å²) in [5.74, 6) is 0.874. The predicted octanol–water partition coefficient (Wildman–Crippen LogP) is 2.43. The molecule has 3 heterocycles. The number of nitrogens with zero attached hydrogens (tertiary/aromatic N) is 5. The molecule has 0 saturated carbocycles. The minimum absolute atomic E-state index is 0.469. The van der Waals surface area contributed by atoms with E-state index in [1.165, 1.54) is 10.5 Å². The van der Waals surface area contributed by atoms with Gasteiger partial charge in [-0.3, -0.25) is 9.80 Å². The average Bonchev–Trinajstić information content (AvgIpc) is 2.64. The van der Waals surface area contributed by atoms with Gasteiger partial charge in [0.15, 0.2) is 5.82 Å². The number of hydrogen-bond acceptors (Lipinski definition) is 7. The number of ether oxygens (including phenoxy) is 1. The number of aromatic nitrogens is 2. The summed E-state index contributed by atoms with van der Waals surface area (Å²) in [6, 6.07) is 6.71. The van der Waals surface area contributed by atoms with E-state index in [-0.39, 0.29) is 0 Å². The molecule has 2 aliphatic rings. The molecule has 132 valence electrons. The molecular formula is C18H23N5OS. The van der Waals surface area contributed by atoms with Crippen LogP contribution in [0.25, 0.3) is 0 Å². The van der Waals surface area contributed by atoms with Crippen LogP contribution in [0.5, 0.6) is 0 Å². The van der Waals surface area contributed by atoms with E-state index in [1.54, 1.807) is 31.3 Å². The van der Waals surface area contributed by atoms with E-state index in [2.05, 4.69) is 49.9 Å². The van der Waals surface area contributed by atoms with Gasteiger partial charge < -0.3 is 9.64 Å². The van der Waals surface area contributed by atoms with Crippen molar-refractivity contribution in [2.45, 2.75) is 16.5 Å². The molecule has 0 atom stereocenters. The van der Waals surface area contributed by atoms with Gasteiger partial charge in [0.1, 0.15) is 11.8 Å². The Hall–Kier alpha value is -1.67. The second-order valence-electron chi connectivity index (χ2n) is 6.51. The van der Waals surface area contributed by atoms with Crippen LogP contribution in [-0.2, 0) is 11.3 Å². The third kappa shape index (κ3) is 3.50. The summed E-state index contributed by atoms with van der Waals surface area (Å²) < 4.78 is 5.43. The van der Waals surface area contributed by atoms with Crippen LogP contribution in [0.15, 0.2) is 40.5 Å². The fourth-order valence-electron chi connectivity index (χ4n) is 3.28. The lowest BCUT2D eigenvalue weighted by Crippen LogP contribution is -2.43. The number of methoxy groups -OCH3 is 1. The molecule has 4 rings (SSSR count). The highest BCUT2D eigenvalue weighted by Crippen LogP contribution is 2.46. The lowest BCUT2D eigenvalue weighted by Gasteiger charge is -2.33. The first-order chi connectivity index (χ1) is 12.2. The van der Waals surface area contributed by atoms with Gasteiger partial charge in [0, 0.05) is 57.1 Å². The zero-order chi connectivity index (χ0) is 17.2. The Labute approximate surface area is 152 Å². The molecule has 6 nitrogen and oxygen atoms in total. The van der Waals surface area contributed by atoms with Crippen LogP contribution < -0.4 is 4.90 Å². The Kier molecular flexibility index (Phi) is 4.89. The first kappa shape index (κ1) is 16.8. The molecule has 2 aliphatic heterocycles. The predicted molar refractivity (Wildman–Crippen MR) is 99.4 cm³/mol. The molecule has 25 heavy (non-hydrogen) atoms. The van der Waals surface area contributed by atoms with Crippen molar-refractivity contribution in [1.82, 2.24) is 19.8 Å². The molecule has 0 aliphatic carbocycles. The van der Waals surface area contributed by atoms with Crippen LogP contribution in [0.2, 0.25) is 0 Å². The topological polar surface area (TPSA) is 44.7 Å². The maximum atomic E-state index is 5.43. The fraction of sp³-hybridized carbons (Fsp3) is 0.444. The van der Waals surface area contributed by atoms with E-state index in [1.807, 2.05) is 0 Å². The monoisotopic (exact) mass is 357 g/mol. The van der Waals surface area contributed by atoms with Gasteiger partial charge in [0.2, 0.25) is 0 Å². The lowest BCUT2D eigenvalue weighted by atomic mass is 10.1. The SMILES string of the molecule is COCN1c2cc(CN3CCN(C)CC3)ccc2Sc2nccnc21. The van der Waals surface area contributed by atoms with Crippen LogP contribution >= 0.6 is 11.8 Å². The highest BCUT2D eigenvalue weighted by atomic mass is 32.2. The molecule has 0 spiro atoms. The van der Waals surface area contributed by atoms with E-state index in [0.717, 1.165) is 49.3 Å². The van der Waals surface area contributed by atoms with Gasteiger partial charge in [-0.05, 0) is 24.7 Å². The summed E-state index contributed by atoms with van der Waals surface area (Å²) in [5, 5.41) is 0.930. The molecule has 0 bridgehead atoms.